The Labute approximate surface area is 95.7 Å². The van der Waals surface area contributed by atoms with E-state index in [1.807, 2.05) is 27.7 Å². The lowest BCUT2D eigenvalue weighted by molar-refractivity contribution is 0.516. The van der Waals surface area contributed by atoms with Crippen LogP contribution < -0.4 is 4.72 Å². The van der Waals surface area contributed by atoms with Gasteiger partial charge in [0.2, 0.25) is 10.0 Å². The van der Waals surface area contributed by atoms with E-state index in [1.54, 1.807) is 20.8 Å². The average molecular weight is 237 g/mol. The summed E-state index contributed by atoms with van der Waals surface area (Å²) in [7, 11) is -3.17. The lowest BCUT2D eigenvalue weighted by atomic mass is 10.2. The van der Waals surface area contributed by atoms with Crippen molar-refractivity contribution in [2.45, 2.75) is 72.1 Å². The van der Waals surface area contributed by atoms with E-state index in [-0.39, 0.29) is 6.04 Å². The predicted molar refractivity (Wildman–Crippen MR) is 67.5 cm³/mol. The lowest BCUT2D eigenvalue weighted by Crippen LogP contribution is -2.43. The zero-order valence-electron chi connectivity index (χ0n) is 11.2. The molecule has 0 aliphatic carbocycles. The van der Waals surface area contributed by atoms with E-state index < -0.39 is 14.8 Å². The number of sulfonamides is 1. The second-order valence-electron chi connectivity index (χ2n) is 4.42. The maximum Gasteiger partial charge on any atom is 0.216 e. The van der Waals surface area contributed by atoms with Crippen LogP contribution in [-0.2, 0) is 10.0 Å². The first-order valence-electron chi connectivity index (χ1n) is 5.72. The highest BCUT2D eigenvalue weighted by Crippen LogP contribution is 2.14. The molecule has 0 saturated carbocycles. The number of nitrogens with one attached hydrogen (secondary N) is 1. The van der Waals surface area contributed by atoms with Gasteiger partial charge in [-0.05, 0) is 34.1 Å². The van der Waals surface area contributed by atoms with Crippen LogP contribution in [0.15, 0.2) is 0 Å². The Hall–Kier alpha value is -0.0900. The number of rotatable bonds is 4. The van der Waals surface area contributed by atoms with E-state index in [0.717, 1.165) is 12.8 Å². The standard InChI is InChI=1S/C9H21NO2S.C2H6/c1-6-7-8(2)10-13(11,12)9(3,4)5;1-2/h8,10H,6-7H2,1-5H3;1-2H3. The molecule has 94 valence electrons. The average Bonchev–Trinajstić information content (AvgIpc) is 2.05. The van der Waals surface area contributed by atoms with Gasteiger partial charge in [0.15, 0.2) is 0 Å². The highest BCUT2D eigenvalue weighted by molar-refractivity contribution is 7.90. The van der Waals surface area contributed by atoms with E-state index in [4.69, 9.17) is 0 Å². The van der Waals surface area contributed by atoms with Crippen molar-refractivity contribution in [1.29, 1.82) is 0 Å². The number of hydrogen-bond donors (Lipinski definition) is 1. The van der Waals surface area contributed by atoms with E-state index in [9.17, 15) is 8.42 Å². The fourth-order valence-corrected chi connectivity index (χ4v) is 1.93. The van der Waals surface area contributed by atoms with Gasteiger partial charge in [-0.1, -0.05) is 27.2 Å². The third-order valence-corrected chi connectivity index (χ3v) is 4.21. The molecule has 0 bridgehead atoms. The molecule has 0 aromatic heterocycles. The molecule has 0 radical (unpaired) electrons. The monoisotopic (exact) mass is 237 g/mol. The Bertz CT molecular complexity index is 240. The molecule has 1 N–H and O–H groups in total. The molecule has 0 fully saturated rings. The topological polar surface area (TPSA) is 46.2 Å². The molecule has 0 aromatic carbocycles. The van der Waals surface area contributed by atoms with Crippen molar-refractivity contribution in [2.75, 3.05) is 0 Å². The first-order valence-corrected chi connectivity index (χ1v) is 7.21. The fraction of sp³-hybridized carbons (Fsp3) is 1.00. The second kappa shape index (κ2) is 7.23. The Morgan fingerprint density at radius 2 is 1.60 bits per heavy atom. The summed E-state index contributed by atoms with van der Waals surface area (Å²) < 4.78 is 25.2. The van der Waals surface area contributed by atoms with Gasteiger partial charge in [-0.2, -0.15) is 0 Å². The minimum atomic E-state index is -3.17. The molecule has 0 saturated heterocycles. The van der Waals surface area contributed by atoms with Crippen molar-refractivity contribution >= 4 is 10.0 Å². The van der Waals surface area contributed by atoms with Crippen LogP contribution >= 0.6 is 0 Å². The SMILES string of the molecule is CC.CCCC(C)NS(=O)(=O)C(C)(C)C. The Morgan fingerprint density at radius 3 is 1.87 bits per heavy atom. The largest absolute Gasteiger partial charge is 0.216 e. The molecular formula is C11H27NO2S. The van der Waals surface area contributed by atoms with Crippen LogP contribution in [0, 0.1) is 0 Å². The Balaban J connectivity index is 0. The lowest BCUT2D eigenvalue weighted by Gasteiger charge is -2.22. The molecular weight excluding hydrogens is 210 g/mol. The van der Waals surface area contributed by atoms with Gasteiger partial charge in [0.05, 0.1) is 4.75 Å². The molecule has 15 heavy (non-hydrogen) atoms. The maximum absolute atomic E-state index is 11.6. The van der Waals surface area contributed by atoms with Gasteiger partial charge in [-0.25, -0.2) is 13.1 Å². The first-order chi connectivity index (χ1) is 6.70. The van der Waals surface area contributed by atoms with Crippen molar-refractivity contribution in [3.05, 3.63) is 0 Å². The molecule has 0 spiro atoms. The van der Waals surface area contributed by atoms with Crippen LogP contribution in [0.2, 0.25) is 0 Å². The molecule has 1 atom stereocenters. The van der Waals surface area contributed by atoms with Crippen molar-refractivity contribution in [3.8, 4) is 0 Å². The predicted octanol–water partition coefficient (Wildman–Crippen LogP) is 2.92. The molecule has 0 aliphatic rings. The van der Waals surface area contributed by atoms with Gasteiger partial charge in [0.25, 0.3) is 0 Å². The fourth-order valence-electron chi connectivity index (χ4n) is 0.934. The molecule has 1 unspecified atom stereocenters. The van der Waals surface area contributed by atoms with Crippen LogP contribution in [0.25, 0.3) is 0 Å². The van der Waals surface area contributed by atoms with Gasteiger partial charge in [0, 0.05) is 6.04 Å². The molecule has 4 heteroatoms. The maximum atomic E-state index is 11.6. The number of hydrogen-bond acceptors (Lipinski definition) is 2. The third-order valence-electron chi connectivity index (χ3n) is 1.88. The zero-order valence-corrected chi connectivity index (χ0v) is 12.0. The quantitative estimate of drug-likeness (QED) is 0.817. The molecule has 3 nitrogen and oxygen atoms in total. The van der Waals surface area contributed by atoms with E-state index in [1.165, 1.54) is 0 Å². The Morgan fingerprint density at radius 1 is 1.20 bits per heavy atom. The van der Waals surface area contributed by atoms with E-state index >= 15 is 0 Å². The van der Waals surface area contributed by atoms with Crippen molar-refractivity contribution < 1.29 is 8.42 Å². The zero-order chi connectivity index (χ0) is 12.7. The summed E-state index contributed by atoms with van der Waals surface area (Å²) in [5, 5.41) is 0. The molecule has 0 aromatic rings. The normalized spacial score (nSPS) is 14.1. The summed E-state index contributed by atoms with van der Waals surface area (Å²) in [6, 6.07) is 0.0363. The van der Waals surface area contributed by atoms with Crippen molar-refractivity contribution in [2.24, 2.45) is 0 Å². The smallest absolute Gasteiger partial charge is 0.212 e. The van der Waals surface area contributed by atoms with Crippen molar-refractivity contribution in [1.82, 2.24) is 4.72 Å². The van der Waals surface area contributed by atoms with Crippen LogP contribution in [0.4, 0.5) is 0 Å². The summed E-state index contributed by atoms with van der Waals surface area (Å²) in [6.07, 6.45) is 1.88. The summed E-state index contributed by atoms with van der Waals surface area (Å²) >= 11 is 0. The van der Waals surface area contributed by atoms with Crippen molar-refractivity contribution in [3.63, 3.8) is 0 Å². The van der Waals surface area contributed by atoms with Gasteiger partial charge < -0.3 is 0 Å². The van der Waals surface area contributed by atoms with Crippen LogP contribution in [0.1, 0.15) is 61.3 Å². The van der Waals surface area contributed by atoms with Gasteiger partial charge in [-0.15, -0.1) is 0 Å². The first kappa shape index (κ1) is 17.3. The summed E-state index contributed by atoms with van der Waals surface area (Å²) in [6.45, 7) is 13.0. The van der Waals surface area contributed by atoms with Crippen LogP contribution in [-0.4, -0.2) is 19.2 Å². The van der Waals surface area contributed by atoms with E-state index in [0.29, 0.717) is 0 Å². The summed E-state index contributed by atoms with van der Waals surface area (Å²) in [5.74, 6) is 0. The molecule has 0 aliphatic heterocycles. The molecule has 0 heterocycles. The minimum absolute atomic E-state index is 0.0363. The van der Waals surface area contributed by atoms with Crippen LogP contribution in [0.3, 0.4) is 0 Å². The third kappa shape index (κ3) is 6.90. The van der Waals surface area contributed by atoms with E-state index in [2.05, 4.69) is 4.72 Å². The molecule has 0 amide bonds. The van der Waals surface area contributed by atoms with Gasteiger partial charge in [-0.3, -0.25) is 0 Å². The summed E-state index contributed by atoms with van der Waals surface area (Å²) in [4.78, 5) is 0. The second-order valence-corrected chi connectivity index (χ2v) is 6.89. The van der Waals surface area contributed by atoms with Gasteiger partial charge >= 0.3 is 0 Å². The van der Waals surface area contributed by atoms with Gasteiger partial charge in [0.1, 0.15) is 0 Å². The highest BCUT2D eigenvalue weighted by atomic mass is 32.2. The highest BCUT2D eigenvalue weighted by Gasteiger charge is 2.29. The molecule has 0 rings (SSSR count). The Kier molecular flexibility index (Phi) is 8.34. The van der Waals surface area contributed by atoms with Crippen LogP contribution in [0.5, 0.6) is 0 Å². The summed E-state index contributed by atoms with van der Waals surface area (Å²) in [5.41, 5.74) is 0. The minimum Gasteiger partial charge on any atom is -0.212 e.